The Morgan fingerprint density at radius 2 is 1.85 bits per heavy atom. The van der Waals surface area contributed by atoms with Crippen LogP contribution in [0.4, 0.5) is 5.95 Å². The van der Waals surface area contributed by atoms with Crippen LogP contribution in [0.3, 0.4) is 0 Å². The summed E-state index contributed by atoms with van der Waals surface area (Å²) in [7, 11) is -3.17. The number of aliphatic imine (C=N–C) groups is 1. The lowest BCUT2D eigenvalue weighted by molar-refractivity contribution is 0.370. The van der Waals surface area contributed by atoms with E-state index in [9.17, 15) is 8.42 Å². The molecule has 11 heteroatoms. The van der Waals surface area contributed by atoms with Gasteiger partial charge in [0.05, 0.1) is 12.3 Å². The molecule has 2 rings (SSSR count). The number of rotatable bonds is 7. The molecule has 1 fully saturated rings. The molecular formula is C15H28IN7O2S. The first-order valence-electron chi connectivity index (χ1n) is 8.58. The molecule has 0 aliphatic carbocycles. The monoisotopic (exact) mass is 497 g/mol. The molecule has 0 aromatic carbocycles. The van der Waals surface area contributed by atoms with Crippen molar-refractivity contribution in [3.63, 3.8) is 0 Å². The van der Waals surface area contributed by atoms with Crippen LogP contribution in [0.15, 0.2) is 23.5 Å². The molecule has 0 atom stereocenters. The van der Waals surface area contributed by atoms with Gasteiger partial charge in [-0.1, -0.05) is 0 Å². The summed E-state index contributed by atoms with van der Waals surface area (Å²) >= 11 is 0. The molecule has 26 heavy (non-hydrogen) atoms. The van der Waals surface area contributed by atoms with Crippen LogP contribution >= 0.6 is 24.0 Å². The summed E-state index contributed by atoms with van der Waals surface area (Å²) in [6.07, 6.45) is 3.50. The molecule has 0 unspecified atom stereocenters. The number of nitrogens with one attached hydrogen (secondary N) is 2. The molecule has 2 heterocycles. The van der Waals surface area contributed by atoms with Gasteiger partial charge in [0.25, 0.3) is 0 Å². The van der Waals surface area contributed by atoms with E-state index in [2.05, 4.69) is 34.8 Å². The van der Waals surface area contributed by atoms with Gasteiger partial charge in [0, 0.05) is 51.7 Å². The molecule has 0 spiro atoms. The second-order valence-electron chi connectivity index (χ2n) is 5.56. The average Bonchev–Trinajstić information content (AvgIpc) is 2.65. The fourth-order valence-corrected chi connectivity index (χ4v) is 3.07. The molecule has 1 aliphatic heterocycles. The summed E-state index contributed by atoms with van der Waals surface area (Å²) in [6.45, 7) is 8.37. The molecule has 148 valence electrons. The maximum atomic E-state index is 11.4. The number of guanidine groups is 1. The summed E-state index contributed by atoms with van der Waals surface area (Å²) in [6, 6.07) is 1.81. The fourth-order valence-electron chi connectivity index (χ4n) is 2.46. The van der Waals surface area contributed by atoms with Gasteiger partial charge in [-0.3, -0.25) is 4.99 Å². The van der Waals surface area contributed by atoms with E-state index in [1.54, 1.807) is 19.3 Å². The second kappa shape index (κ2) is 11.5. The van der Waals surface area contributed by atoms with Gasteiger partial charge in [0.15, 0.2) is 5.96 Å². The first kappa shape index (κ1) is 22.8. The summed E-state index contributed by atoms with van der Waals surface area (Å²) in [5, 5.41) is 3.27. The SMILES string of the molecule is CCNC(=NCCNS(=O)(=O)CC)N1CCN(c2ncccn2)CC1.I. The van der Waals surface area contributed by atoms with E-state index in [0.717, 1.165) is 44.6 Å². The van der Waals surface area contributed by atoms with Crippen molar-refractivity contribution in [3.8, 4) is 0 Å². The molecule has 0 saturated carbocycles. The Morgan fingerprint density at radius 3 is 2.42 bits per heavy atom. The third-order valence-electron chi connectivity index (χ3n) is 3.82. The van der Waals surface area contributed by atoms with Gasteiger partial charge in [-0.05, 0) is 19.9 Å². The first-order chi connectivity index (χ1) is 12.1. The normalized spacial score (nSPS) is 15.5. The molecule has 0 amide bonds. The summed E-state index contributed by atoms with van der Waals surface area (Å²) in [4.78, 5) is 17.4. The number of hydrogen-bond acceptors (Lipinski definition) is 6. The highest BCUT2D eigenvalue weighted by Crippen LogP contribution is 2.09. The number of nitrogens with zero attached hydrogens (tertiary/aromatic N) is 5. The first-order valence-corrected chi connectivity index (χ1v) is 10.2. The van der Waals surface area contributed by atoms with Gasteiger partial charge >= 0.3 is 0 Å². The highest BCUT2D eigenvalue weighted by Gasteiger charge is 2.20. The number of anilines is 1. The number of piperazine rings is 1. The molecule has 1 aromatic heterocycles. The fraction of sp³-hybridized carbons (Fsp3) is 0.667. The Labute approximate surface area is 172 Å². The van der Waals surface area contributed by atoms with E-state index in [4.69, 9.17) is 0 Å². The van der Waals surface area contributed by atoms with E-state index in [0.29, 0.717) is 13.1 Å². The standard InChI is InChI=1S/C15H27N7O2S.HI/c1-3-16-14(19-8-9-20-25(23,24)4-2)21-10-12-22(13-11-21)15-17-6-5-7-18-15;/h5-7,20H,3-4,8-13H2,1-2H3,(H,16,19);1H. The van der Waals surface area contributed by atoms with Gasteiger partial charge in [-0.25, -0.2) is 23.1 Å². The number of sulfonamides is 1. The highest BCUT2D eigenvalue weighted by atomic mass is 127. The van der Waals surface area contributed by atoms with E-state index in [1.165, 1.54) is 0 Å². The quantitative estimate of drug-likeness (QED) is 0.239. The van der Waals surface area contributed by atoms with Crippen molar-refractivity contribution >= 4 is 45.9 Å². The van der Waals surface area contributed by atoms with E-state index in [-0.39, 0.29) is 29.7 Å². The molecule has 9 nitrogen and oxygen atoms in total. The zero-order valence-corrected chi connectivity index (χ0v) is 18.4. The van der Waals surface area contributed by atoms with Gasteiger partial charge in [0.2, 0.25) is 16.0 Å². The zero-order chi connectivity index (χ0) is 18.1. The van der Waals surface area contributed by atoms with Gasteiger partial charge < -0.3 is 15.1 Å². The van der Waals surface area contributed by atoms with Crippen molar-refractivity contribution in [1.29, 1.82) is 0 Å². The van der Waals surface area contributed by atoms with Crippen molar-refractivity contribution in [3.05, 3.63) is 18.5 Å². The Kier molecular flexibility index (Phi) is 10.1. The predicted molar refractivity (Wildman–Crippen MR) is 115 cm³/mol. The van der Waals surface area contributed by atoms with Crippen molar-refractivity contribution in [1.82, 2.24) is 24.9 Å². The van der Waals surface area contributed by atoms with Crippen LogP contribution in [0.25, 0.3) is 0 Å². The van der Waals surface area contributed by atoms with Crippen LogP contribution in [-0.4, -0.2) is 80.8 Å². The summed E-state index contributed by atoms with van der Waals surface area (Å²) in [5.74, 6) is 1.64. The number of hydrogen-bond donors (Lipinski definition) is 2. The lowest BCUT2D eigenvalue weighted by atomic mass is 10.3. The Morgan fingerprint density at radius 1 is 1.19 bits per heavy atom. The molecule has 1 aliphatic rings. The summed E-state index contributed by atoms with van der Waals surface area (Å²) < 4.78 is 25.4. The van der Waals surface area contributed by atoms with E-state index in [1.807, 2.05) is 13.0 Å². The van der Waals surface area contributed by atoms with Gasteiger partial charge in [0.1, 0.15) is 0 Å². The third kappa shape index (κ3) is 7.19. The van der Waals surface area contributed by atoms with E-state index < -0.39 is 10.0 Å². The average molecular weight is 497 g/mol. The molecule has 0 bridgehead atoms. The minimum absolute atomic E-state index is 0. The van der Waals surface area contributed by atoms with Crippen molar-refractivity contribution in [2.24, 2.45) is 4.99 Å². The predicted octanol–water partition coefficient (Wildman–Crippen LogP) is 0.121. The van der Waals surface area contributed by atoms with Crippen molar-refractivity contribution < 1.29 is 8.42 Å². The molecule has 2 N–H and O–H groups in total. The topological polar surface area (TPSA) is 103 Å². The van der Waals surface area contributed by atoms with Crippen molar-refractivity contribution in [2.45, 2.75) is 13.8 Å². The summed E-state index contributed by atoms with van der Waals surface area (Å²) in [5.41, 5.74) is 0. The van der Waals surface area contributed by atoms with Crippen LogP contribution in [0.5, 0.6) is 0 Å². The van der Waals surface area contributed by atoms with Crippen LogP contribution in [0, 0.1) is 0 Å². The Balaban J connectivity index is 0.00000338. The van der Waals surface area contributed by atoms with Crippen LogP contribution in [-0.2, 0) is 10.0 Å². The third-order valence-corrected chi connectivity index (χ3v) is 5.23. The smallest absolute Gasteiger partial charge is 0.225 e. The number of aromatic nitrogens is 2. The maximum Gasteiger partial charge on any atom is 0.225 e. The minimum Gasteiger partial charge on any atom is -0.357 e. The van der Waals surface area contributed by atoms with Crippen LogP contribution < -0.4 is 14.9 Å². The lowest BCUT2D eigenvalue weighted by Gasteiger charge is -2.36. The maximum absolute atomic E-state index is 11.4. The largest absolute Gasteiger partial charge is 0.357 e. The minimum atomic E-state index is -3.17. The van der Waals surface area contributed by atoms with Crippen LogP contribution in [0.1, 0.15) is 13.8 Å². The number of halogens is 1. The second-order valence-corrected chi connectivity index (χ2v) is 7.65. The molecule has 1 aromatic rings. The van der Waals surface area contributed by atoms with Gasteiger partial charge in [-0.15, -0.1) is 24.0 Å². The van der Waals surface area contributed by atoms with E-state index >= 15 is 0 Å². The Hall–Kier alpha value is -1.21. The highest BCUT2D eigenvalue weighted by molar-refractivity contribution is 14.0. The van der Waals surface area contributed by atoms with Crippen LogP contribution in [0.2, 0.25) is 0 Å². The van der Waals surface area contributed by atoms with Gasteiger partial charge in [-0.2, -0.15) is 0 Å². The lowest BCUT2D eigenvalue weighted by Crippen LogP contribution is -2.53. The molecular weight excluding hydrogens is 469 g/mol. The van der Waals surface area contributed by atoms with Crippen molar-refractivity contribution in [2.75, 3.05) is 56.5 Å². The Bertz CT molecular complexity index is 649. The molecule has 0 radical (unpaired) electrons. The molecule has 1 saturated heterocycles. The zero-order valence-electron chi connectivity index (χ0n) is 15.3.